The first-order valence-electron chi connectivity index (χ1n) is 6.56. The van der Waals surface area contributed by atoms with Crippen LogP contribution in [0.4, 0.5) is 14.6 Å². The van der Waals surface area contributed by atoms with Crippen LogP contribution in [-0.4, -0.2) is 11.5 Å². The SMILES string of the molecule is CCCNc1nc2c(F)cc(F)cc2cc1C(C)C. The molecule has 2 rings (SSSR count). The van der Waals surface area contributed by atoms with Crippen molar-refractivity contribution in [3.8, 4) is 0 Å². The van der Waals surface area contributed by atoms with Crippen LogP contribution in [0.2, 0.25) is 0 Å². The summed E-state index contributed by atoms with van der Waals surface area (Å²) < 4.78 is 27.0. The summed E-state index contributed by atoms with van der Waals surface area (Å²) in [6.45, 7) is 6.91. The zero-order valence-electron chi connectivity index (χ0n) is 11.4. The lowest BCUT2D eigenvalue weighted by Gasteiger charge is -2.15. The predicted octanol–water partition coefficient (Wildman–Crippen LogP) is 4.46. The molecule has 102 valence electrons. The number of hydrogen-bond acceptors (Lipinski definition) is 2. The average molecular weight is 264 g/mol. The van der Waals surface area contributed by atoms with E-state index in [1.54, 1.807) is 0 Å². The van der Waals surface area contributed by atoms with Crippen molar-refractivity contribution in [2.24, 2.45) is 0 Å². The van der Waals surface area contributed by atoms with Crippen molar-refractivity contribution in [1.29, 1.82) is 0 Å². The largest absolute Gasteiger partial charge is 0.370 e. The highest BCUT2D eigenvalue weighted by Crippen LogP contribution is 2.28. The summed E-state index contributed by atoms with van der Waals surface area (Å²) in [4.78, 5) is 4.32. The third kappa shape index (κ3) is 2.83. The Balaban J connectivity index is 2.62. The van der Waals surface area contributed by atoms with Gasteiger partial charge in [-0.05, 0) is 30.0 Å². The van der Waals surface area contributed by atoms with Crippen LogP contribution in [0, 0.1) is 11.6 Å². The second-order valence-electron chi connectivity index (χ2n) is 4.97. The van der Waals surface area contributed by atoms with Crippen molar-refractivity contribution in [3.05, 3.63) is 35.4 Å². The van der Waals surface area contributed by atoms with Crippen LogP contribution in [0.5, 0.6) is 0 Å². The molecule has 0 aliphatic carbocycles. The number of fused-ring (bicyclic) bond motifs is 1. The van der Waals surface area contributed by atoms with Gasteiger partial charge in [-0.25, -0.2) is 13.8 Å². The van der Waals surface area contributed by atoms with Gasteiger partial charge in [0.1, 0.15) is 17.2 Å². The van der Waals surface area contributed by atoms with Crippen molar-refractivity contribution >= 4 is 16.7 Å². The fourth-order valence-corrected chi connectivity index (χ4v) is 2.05. The number of rotatable bonds is 4. The molecule has 0 atom stereocenters. The Labute approximate surface area is 111 Å². The van der Waals surface area contributed by atoms with E-state index in [1.165, 1.54) is 6.07 Å². The molecule has 0 unspecified atom stereocenters. The van der Waals surface area contributed by atoms with Gasteiger partial charge in [0.2, 0.25) is 0 Å². The molecule has 0 aliphatic heterocycles. The van der Waals surface area contributed by atoms with Crippen molar-refractivity contribution in [2.75, 3.05) is 11.9 Å². The van der Waals surface area contributed by atoms with Gasteiger partial charge in [-0.15, -0.1) is 0 Å². The Morgan fingerprint density at radius 2 is 1.95 bits per heavy atom. The van der Waals surface area contributed by atoms with Crippen LogP contribution in [0.25, 0.3) is 10.9 Å². The number of hydrogen-bond donors (Lipinski definition) is 1. The molecule has 0 saturated carbocycles. The summed E-state index contributed by atoms with van der Waals surface area (Å²) in [5.41, 5.74) is 1.19. The van der Waals surface area contributed by atoms with Gasteiger partial charge < -0.3 is 5.32 Å². The smallest absolute Gasteiger partial charge is 0.152 e. The maximum Gasteiger partial charge on any atom is 0.152 e. The maximum atomic E-state index is 13.8. The van der Waals surface area contributed by atoms with Crippen LogP contribution >= 0.6 is 0 Å². The third-order valence-electron chi connectivity index (χ3n) is 3.03. The summed E-state index contributed by atoms with van der Waals surface area (Å²) in [6, 6.07) is 4.01. The van der Waals surface area contributed by atoms with E-state index < -0.39 is 11.6 Å². The molecule has 2 aromatic rings. The number of aromatic nitrogens is 1. The topological polar surface area (TPSA) is 24.9 Å². The van der Waals surface area contributed by atoms with E-state index in [1.807, 2.05) is 19.9 Å². The van der Waals surface area contributed by atoms with Gasteiger partial charge in [0.15, 0.2) is 5.82 Å². The van der Waals surface area contributed by atoms with Gasteiger partial charge in [0.25, 0.3) is 0 Å². The van der Waals surface area contributed by atoms with Crippen LogP contribution in [0.1, 0.15) is 38.7 Å². The highest BCUT2D eigenvalue weighted by molar-refractivity contribution is 5.82. The van der Waals surface area contributed by atoms with E-state index in [-0.39, 0.29) is 11.4 Å². The Hall–Kier alpha value is -1.71. The monoisotopic (exact) mass is 264 g/mol. The van der Waals surface area contributed by atoms with E-state index >= 15 is 0 Å². The molecule has 4 heteroatoms. The molecule has 0 bridgehead atoms. The lowest BCUT2D eigenvalue weighted by atomic mass is 10.0. The number of pyridine rings is 1. The predicted molar refractivity (Wildman–Crippen MR) is 74.5 cm³/mol. The first-order valence-corrected chi connectivity index (χ1v) is 6.56. The maximum absolute atomic E-state index is 13.8. The molecular weight excluding hydrogens is 246 g/mol. The summed E-state index contributed by atoms with van der Waals surface area (Å²) >= 11 is 0. The van der Waals surface area contributed by atoms with Gasteiger partial charge in [0, 0.05) is 18.0 Å². The van der Waals surface area contributed by atoms with E-state index in [0.29, 0.717) is 11.2 Å². The minimum Gasteiger partial charge on any atom is -0.370 e. The molecule has 1 aromatic carbocycles. The molecule has 2 nitrogen and oxygen atoms in total. The summed E-state index contributed by atoms with van der Waals surface area (Å²) in [7, 11) is 0. The molecule has 19 heavy (non-hydrogen) atoms. The molecule has 1 aromatic heterocycles. The van der Waals surface area contributed by atoms with Crippen LogP contribution < -0.4 is 5.32 Å². The Morgan fingerprint density at radius 1 is 1.21 bits per heavy atom. The number of anilines is 1. The van der Waals surface area contributed by atoms with E-state index in [9.17, 15) is 8.78 Å². The number of halogens is 2. The standard InChI is InChI=1S/C15H18F2N2/c1-4-5-18-15-12(9(2)3)7-10-6-11(16)8-13(17)14(10)19-15/h6-9H,4-5H2,1-3H3,(H,18,19). The van der Waals surface area contributed by atoms with Gasteiger partial charge in [-0.1, -0.05) is 20.8 Å². The zero-order valence-corrected chi connectivity index (χ0v) is 11.4. The van der Waals surface area contributed by atoms with E-state index in [2.05, 4.69) is 17.2 Å². The molecule has 1 N–H and O–H groups in total. The summed E-state index contributed by atoms with van der Waals surface area (Å²) in [5, 5.41) is 3.71. The first kappa shape index (κ1) is 13.7. The minimum atomic E-state index is -0.621. The van der Waals surface area contributed by atoms with Crippen LogP contribution in [0.15, 0.2) is 18.2 Å². The molecule has 0 saturated heterocycles. The van der Waals surface area contributed by atoms with E-state index in [0.717, 1.165) is 24.6 Å². The molecule has 0 amide bonds. The van der Waals surface area contributed by atoms with Gasteiger partial charge in [0.05, 0.1) is 0 Å². The highest BCUT2D eigenvalue weighted by atomic mass is 19.1. The normalized spacial score (nSPS) is 11.3. The van der Waals surface area contributed by atoms with Crippen LogP contribution in [0.3, 0.4) is 0 Å². The van der Waals surface area contributed by atoms with Gasteiger partial charge in [-0.2, -0.15) is 0 Å². The first-order chi connectivity index (χ1) is 9.02. The second-order valence-corrected chi connectivity index (χ2v) is 4.97. The fourth-order valence-electron chi connectivity index (χ4n) is 2.05. The molecule has 0 spiro atoms. The summed E-state index contributed by atoms with van der Waals surface area (Å²) in [6.07, 6.45) is 0.961. The summed E-state index contributed by atoms with van der Waals surface area (Å²) in [5.74, 6) is -0.266. The third-order valence-corrected chi connectivity index (χ3v) is 3.03. The Kier molecular flexibility index (Phi) is 3.98. The lowest BCUT2D eigenvalue weighted by Crippen LogP contribution is -2.07. The molecular formula is C15H18F2N2. The number of benzene rings is 1. The Morgan fingerprint density at radius 3 is 2.58 bits per heavy atom. The van der Waals surface area contributed by atoms with Crippen molar-refractivity contribution in [3.63, 3.8) is 0 Å². The second kappa shape index (κ2) is 5.51. The molecule has 0 aliphatic rings. The minimum absolute atomic E-state index is 0.212. The zero-order chi connectivity index (χ0) is 14.0. The molecule has 1 heterocycles. The average Bonchev–Trinajstić information content (AvgIpc) is 2.35. The number of nitrogens with zero attached hydrogens (tertiary/aromatic N) is 1. The van der Waals surface area contributed by atoms with Gasteiger partial charge >= 0.3 is 0 Å². The van der Waals surface area contributed by atoms with E-state index in [4.69, 9.17) is 0 Å². The quantitative estimate of drug-likeness (QED) is 0.882. The number of nitrogens with one attached hydrogen (secondary N) is 1. The lowest BCUT2D eigenvalue weighted by molar-refractivity contribution is 0.590. The van der Waals surface area contributed by atoms with Crippen molar-refractivity contribution < 1.29 is 8.78 Å². The van der Waals surface area contributed by atoms with Crippen molar-refractivity contribution in [2.45, 2.75) is 33.1 Å². The Bertz CT molecular complexity index is 594. The fraction of sp³-hybridized carbons (Fsp3) is 0.400. The molecule has 0 fully saturated rings. The van der Waals surface area contributed by atoms with Gasteiger partial charge in [-0.3, -0.25) is 0 Å². The van der Waals surface area contributed by atoms with Crippen LogP contribution in [-0.2, 0) is 0 Å². The highest BCUT2D eigenvalue weighted by Gasteiger charge is 2.13. The molecule has 0 radical (unpaired) electrons. The van der Waals surface area contributed by atoms with Crippen molar-refractivity contribution in [1.82, 2.24) is 4.98 Å².